The van der Waals surface area contributed by atoms with Crippen LogP contribution in [0.4, 0.5) is 0 Å². The molecule has 1 aliphatic rings. The van der Waals surface area contributed by atoms with Gasteiger partial charge in [0.25, 0.3) is 5.91 Å². The molecule has 0 saturated carbocycles. The van der Waals surface area contributed by atoms with E-state index in [0.717, 1.165) is 0 Å². The predicted octanol–water partition coefficient (Wildman–Crippen LogP) is -0.0759. The molecule has 1 fully saturated rings. The van der Waals surface area contributed by atoms with Crippen LogP contribution in [0.1, 0.15) is 6.42 Å². The second-order valence-corrected chi connectivity index (χ2v) is 1.66. The second kappa shape index (κ2) is 2.61. The summed E-state index contributed by atoms with van der Waals surface area (Å²) in [7, 11) is 0. The molecule has 0 spiro atoms. The predicted molar refractivity (Wildman–Crippen MR) is 28.9 cm³/mol. The number of hydrogen-bond acceptors (Lipinski definition) is 3. The summed E-state index contributed by atoms with van der Waals surface area (Å²) in [6.45, 7) is 3.44. The minimum absolute atomic E-state index is 0.255. The molecule has 0 radical (unpaired) electrons. The van der Waals surface area contributed by atoms with Crippen LogP contribution in [0.3, 0.4) is 0 Å². The molecule has 1 unspecified atom stereocenters. The summed E-state index contributed by atoms with van der Waals surface area (Å²) in [6, 6.07) is 0. The summed E-state index contributed by atoms with van der Waals surface area (Å²) in [5, 5.41) is 0. The van der Waals surface area contributed by atoms with Gasteiger partial charge in [-0.3, -0.25) is 4.79 Å². The van der Waals surface area contributed by atoms with Gasteiger partial charge in [-0.15, -0.1) is 11.6 Å². The maximum atomic E-state index is 10.6. The molecule has 4 nitrogen and oxygen atoms in total. The molecule has 4 heteroatoms. The van der Waals surface area contributed by atoms with Crippen LogP contribution in [0.2, 0.25) is 0 Å². The molecule has 0 aliphatic carbocycles. The van der Waals surface area contributed by atoms with E-state index in [1.54, 1.807) is 6.08 Å². The summed E-state index contributed by atoms with van der Waals surface area (Å²) in [5.74, 6) is -0.255. The van der Waals surface area contributed by atoms with Crippen molar-refractivity contribution in [3.63, 3.8) is 0 Å². The van der Waals surface area contributed by atoms with E-state index in [1.165, 1.54) is 0 Å². The molecule has 1 aliphatic heterocycles. The fraction of sp³-hybridized carbons (Fsp3) is 0.400. The van der Waals surface area contributed by atoms with Crippen molar-refractivity contribution >= 4 is 5.91 Å². The molecule has 0 bridgehead atoms. The van der Waals surface area contributed by atoms with Crippen molar-refractivity contribution in [1.82, 2.24) is 5.48 Å². The molecular formula is C5H7NO3. The Morgan fingerprint density at radius 1 is 1.89 bits per heavy atom. The Morgan fingerprint density at radius 3 is 3.11 bits per heavy atom. The van der Waals surface area contributed by atoms with Crippen LogP contribution in [-0.2, 0) is 14.7 Å². The molecule has 1 rings (SSSR count). The summed E-state index contributed by atoms with van der Waals surface area (Å²) >= 11 is 0. The van der Waals surface area contributed by atoms with E-state index < -0.39 is 6.10 Å². The monoisotopic (exact) mass is 129 g/mol. The zero-order chi connectivity index (χ0) is 6.69. The number of rotatable bonds is 2. The molecule has 1 N–H and O–H groups in total. The van der Waals surface area contributed by atoms with Crippen molar-refractivity contribution < 1.29 is 14.7 Å². The Labute approximate surface area is 52.3 Å². The molecule has 1 heterocycles. The van der Waals surface area contributed by atoms with Gasteiger partial charge in [0.1, 0.15) is 0 Å². The molecule has 9 heavy (non-hydrogen) atoms. The first-order chi connectivity index (χ1) is 4.34. The third-order valence-electron chi connectivity index (χ3n) is 0.980. The number of carbonyl (C=O) groups excluding carboxylic acids is 1. The first-order valence-electron chi connectivity index (χ1n) is 2.57. The lowest BCUT2D eigenvalue weighted by atomic mass is 10.2. The fourth-order valence-electron chi connectivity index (χ4n) is 0.530. The van der Waals surface area contributed by atoms with Crippen LogP contribution < -0.4 is 5.48 Å². The van der Waals surface area contributed by atoms with Crippen molar-refractivity contribution in [3.05, 3.63) is 12.7 Å². The Hall–Kier alpha value is -0.870. The zero-order valence-corrected chi connectivity index (χ0v) is 4.79. The lowest BCUT2D eigenvalue weighted by Gasteiger charge is -1.94. The van der Waals surface area contributed by atoms with Crippen molar-refractivity contribution in [2.75, 3.05) is 0 Å². The minimum Gasteiger partial charge on any atom is -0.270 e. The fourth-order valence-corrected chi connectivity index (χ4v) is 0.530. The van der Waals surface area contributed by atoms with Crippen molar-refractivity contribution in [2.24, 2.45) is 0 Å². The van der Waals surface area contributed by atoms with E-state index in [9.17, 15) is 4.79 Å². The Morgan fingerprint density at radius 2 is 2.67 bits per heavy atom. The van der Waals surface area contributed by atoms with E-state index in [4.69, 9.17) is 0 Å². The van der Waals surface area contributed by atoms with Crippen LogP contribution in [0.15, 0.2) is 12.7 Å². The normalized spacial score (nSPS) is 25.8. The van der Waals surface area contributed by atoms with E-state index in [2.05, 4.69) is 16.5 Å². The standard InChI is InChI=1S/C5H7NO3/c1-2-3-4-5(7)6-9-8-4/h2,4H,1,3H2,(H,6,7). The molecule has 1 atom stereocenters. The van der Waals surface area contributed by atoms with Crippen LogP contribution in [0, 0.1) is 0 Å². The molecule has 0 aromatic heterocycles. The molecule has 0 aromatic rings. The largest absolute Gasteiger partial charge is 0.278 e. The average Bonchev–Trinajstić information content (AvgIpc) is 2.18. The lowest BCUT2D eigenvalue weighted by Crippen LogP contribution is -2.22. The van der Waals surface area contributed by atoms with E-state index in [-0.39, 0.29) is 5.91 Å². The topological polar surface area (TPSA) is 47.6 Å². The molecule has 1 amide bonds. The van der Waals surface area contributed by atoms with Gasteiger partial charge in [-0.05, 0) is 0 Å². The molecule has 50 valence electrons. The summed E-state index contributed by atoms with van der Waals surface area (Å²) in [5.41, 5.74) is 2.05. The van der Waals surface area contributed by atoms with Gasteiger partial charge in [-0.25, -0.2) is 5.48 Å². The molecule has 1 saturated heterocycles. The Bertz CT molecular complexity index is 134. The smallest absolute Gasteiger partial charge is 0.270 e. The second-order valence-electron chi connectivity index (χ2n) is 1.66. The molecule has 0 aromatic carbocycles. The summed E-state index contributed by atoms with van der Waals surface area (Å²) < 4.78 is 0. The van der Waals surface area contributed by atoms with Gasteiger partial charge in [-0.2, -0.15) is 4.89 Å². The highest BCUT2D eigenvalue weighted by Gasteiger charge is 2.25. The van der Waals surface area contributed by atoms with Crippen LogP contribution >= 0.6 is 0 Å². The van der Waals surface area contributed by atoms with Crippen molar-refractivity contribution in [2.45, 2.75) is 12.5 Å². The van der Waals surface area contributed by atoms with E-state index in [1.807, 2.05) is 5.48 Å². The molecular weight excluding hydrogens is 122 g/mol. The van der Waals surface area contributed by atoms with Crippen LogP contribution in [-0.4, -0.2) is 12.0 Å². The van der Waals surface area contributed by atoms with Gasteiger partial charge in [0.05, 0.1) is 0 Å². The minimum atomic E-state index is -0.512. The summed E-state index contributed by atoms with van der Waals surface area (Å²) in [4.78, 5) is 19.2. The van der Waals surface area contributed by atoms with E-state index in [0.29, 0.717) is 6.42 Å². The number of hydroxylamine groups is 1. The highest BCUT2D eigenvalue weighted by Crippen LogP contribution is 2.04. The van der Waals surface area contributed by atoms with Gasteiger partial charge in [-0.1, -0.05) is 6.08 Å². The quantitative estimate of drug-likeness (QED) is 0.419. The number of carbonyl (C=O) groups is 1. The third-order valence-corrected chi connectivity index (χ3v) is 0.980. The number of nitrogens with one attached hydrogen (secondary N) is 1. The first kappa shape index (κ1) is 6.25. The van der Waals surface area contributed by atoms with Gasteiger partial charge >= 0.3 is 0 Å². The zero-order valence-electron chi connectivity index (χ0n) is 4.79. The third kappa shape index (κ3) is 1.28. The van der Waals surface area contributed by atoms with E-state index >= 15 is 0 Å². The van der Waals surface area contributed by atoms with Gasteiger partial charge in [0.15, 0.2) is 6.10 Å². The lowest BCUT2D eigenvalue weighted by molar-refractivity contribution is -0.306. The van der Waals surface area contributed by atoms with Gasteiger partial charge < -0.3 is 0 Å². The van der Waals surface area contributed by atoms with Crippen LogP contribution in [0.25, 0.3) is 0 Å². The van der Waals surface area contributed by atoms with Gasteiger partial charge in [0, 0.05) is 6.42 Å². The average molecular weight is 129 g/mol. The SMILES string of the molecule is C=CCC1OONC1=O. The first-order valence-corrected chi connectivity index (χ1v) is 2.57. The Balaban J connectivity index is 2.39. The van der Waals surface area contributed by atoms with Crippen LogP contribution in [0.5, 0.6) is 0 Å². The van der Waals surface area contributed by atoms with Crippen molar-refractivity contribution in [1.29, 1.82) is 0 Å². The maximum absolute atomic E-state index is 10.6. The number of hydrogen-bond donors (Lipinski definition) is 1. The maximum Gasteiger partial charge on any atom is 0.278 e. The summed E-state index contributed by atoms with van der Waals surface area (Å²) in [6.07, 6.45) is 1.56. The highest BCUT2D eigenvalue weighted by atomic mass is 17.3. The van der Waals surface area contributed by atoms with Gasteiger partial charge in [0.2, 0.25) is 0 Å². The van der Waals surface area contributed by atoms with Crippen molar-refractivity contribution in [3.8, 4) is 0 Å². The Kier molecular flexibility index (Phi) is 1.81. The highest BCUT2D eigenvalue weighted by molar-refractivity contribution is 5.80. The number of amides is 1.